The Hall–Kier alpha value is -0.860. The molecule has 3 N–H and O–H groups in total. The summed E-state index contributed by atoms with van der Waals surface area (Å²) in [5.41, 5.74) is 0. The van der Waals surface area contributed by atoms with Gasteiger partial charge >= 0.3 is 16.3 Å². The predicted molar refractivity (Wildman–Crippen MR) is 62.5 cm³/mol. The fraction of sp³-hybridized carbons (Fsp3) is 0.889. The monoisotopic (exact) mass is 268 g/mol. The van der Waals surface area contributed by atoms with Crippen LogP contribution in [-0.4, -0.2) is 38.9 Å². The molecule has 0 aromatic carbocycles. The van der Waals surface area contributed by atoms with Crippen LogP contribution in [0.4, 0.5) is 4.79 Å². The number of aliphatic hydroxyl groups is 1. The standard InChI is InChI=1S/C9H20N2O5S/c1-7(2)16-9(13)11-17(14,15)10-6-8(3)4-5-12/h7-8,10,12H,4-6H2,1-3H3,(H,11,13). The van der Waals surface area contributed by atoms with Crippen LogP contribution in [0.15, 0.2) is 0 Å². The molecule has 0 fully saturated rings. The molecule has 8 heteroatoms. The number of ether oxygens (including phenoxy) is 1. The summed E-state index contributed by atoms with van der Waals surface area (Å²) < 4.78 is 31.2. The first kappa shape index (κ1) is 16.1. The molecule has 102 valence electrons. The molecule has 0 bridgehead atoms. The number of aliphatic hydroxyl groups excluding tert-OH is 1. The van der Waals surface area contributed by atoms with Crippen molar-refractivity contribution >= 4 is 16.3 Å². The molecule has 0 aromatic rings. The zero-order chi connectivity index (χ0) is 13.5. The maximum Gasteiger partial charge on any atom is 0.422 e. The summed E-state index contributed by atoms with van der Waals surface area (Å²) in [6.07, 6.45) is -0.917. The second-order valence-electron chi connectivity index (χ2n) is 4.03. The fourth-order valence-electron chi connectivity index (χ4n) is 0.958. The number of amides is 1. The maximum absolute atomic E-state index is 11.3. The summed E-state index contributed by atoms with van der Waals surface area (Å²) in [5.74, 6) is -0.0160. The normalized spacial score (nSPS) is 13.5. The number of nitrogens with one attached hydrogen (secondary N) is 2. The highest BCUT2D eigenvalue weighted by Crippen LogP contribution is 1.98. The van der Waals surface area contributed by atoms with E-state index in [4.69, 9.17) is 5.11 Å². The highest BCUT2D eigenvalue weighted by molar-refractivity contribution is 7.88. The smallest absolute Gasteiger partial charge is 0.422 e. The van der Waals surface area contributed by atoms with Crippen LogP contribution >= 0.6 is 0 Å². The Morgan fingerprint density at radius 1 is 1.35 bits per heavy atom. The summed E-state index contributed by atoms with van der Waals surface area (Å²) >= 11 is 0. The molecule has 0 radical (unpaired) electrons. The van der Waals surface area contributed by atoms with Crippen molar-refractivity contribution in [2.24, 2.45) is 5.92 Å². The molecule has 0 spiro atoms. The third kappa shape index (κ3) is 8.90. The lowest BCUT2D eigenvalue weighted by Gasteiger charge is -2.13. The first-order valence-electron chi connectivity index (χ1n) is 5.35. The minimum atomic E-state index is -3.90. The third-order valence-electron chi connectivity index (χ3n) is 1.80. The highest BCUT2D eigenvalue weighted by atomic mass is 32.2. The van der Waals surface area contributed by atoms with Gasteiger partial charge in [-0.15, -0.1) is 0 Å². The van der Waals surface area contributed by atoms with Crippen molar-refractivity contribution in [1.82, 2.24) is 9.44 Å². The van der Waals surface area contributed by atoms with Gasteiger partial charge in [0.15, 0.2) is 0 Å². The molecule has 1 amide bonds. The van der Waals surface area contributed by atoms with E-state index in [0.717, 1.165) is 0 Å². The molecule has 0 aliphatic rings. The van der Waals surface area contributed by atoms with Crippen molar-refractivity contribution in [3.8, 4) is 0 Å². The average molecular weight is 268 g/mol. The first-order valence-corrected chi connectivity index (χ1v) is 6.84. The van der Waals surface area contributed by atoms with Crippen LogP contribution in [0.1, 0.15) is 27.2 Å². The van der Waals surface area contributed by atoms with Gasteiger partial charge in [-0.1, -0.05) is 6.92 Å². The average Bonchev–Trinajstić information content (AvgIpc) is 2.13. The van der Waals surface area contributed by atoms with Gasteiger partial charge in [0.2, 0.25) is 0 Å². The van der Waals surface area contributed by atoms with E-state index in [1.165, 1.54) is 0 Å². The molecular formula is C9H20N2O5S. The Bertz CT molecular complexity index is 328. The zero-order valence-corrected chi connectivity index (χ0v) is 11.1. The van der Waals surface area contributed by atoms with Crippen molar-refractivity contribution < 1.29 is 23.1 Å². The van der Waals surface area contributed by atoms with Gasteiger partial charge in [-0.05, 0) is 26.2 Å². The SMILES string of the molecule is CC(CCO)CNS(=O)(=O)NC(=O)OC(C)C. The quantitative estimate of drug-likeness (QED) is 0.601. The van der Waals surface area contributed by atoms with Crippen LogP contribution in [-0.2, 0) is 14.9 Å². The van der Waals surface area contributed by atoms with Gasteiger partial charge in [0.1, 0.15) is 0 Å². The van der Waals surface area contributed by atoms with Gasteiger partial charge in [0.05, 0.1) is 6.10 Å². The molecule has 0 saturated carbocycles. The van der Waals surface area contributed by atoms with Crippen molar-refractivity contribution in [2.75, 3.05) is 13.2 Å². The van der Waals surface area contributed by atoms with Gasteiger partial charge in [-0.3, -0.25) is 0 Å². The van der Waals surface area contributed by atoms with E-state index >= 15 is 0 Å². The third-order valence-corrected chi connectivity index (χ3v) is 2.79. The van der Waals surface area contributed by atoms with E-state index in [2.05, 4.69) is 9.46 Å². The van der Waals surface area contributed by atoms with Gasteiger partial charge in [-0.25, -0.2) is 9.52 Å². The summed E-state index contributed by atoms with van der Waals surface area (Å²) in [6, 6.07) is 0. The Balaban J connectivity index is 4.08. The van der Waals surface area contributed by atoms with Gasteiger partial charge < -0.3 is 9.84 Å². The fourth-order valence-corrected chi connectivity index (χ4v) is 1.80. The molecule has 0 saturated heterocycles. The van der Waals surface area contributed by atoms with Crippen LogP contribution in [0.25, 0.3) is 0 Å². The zero-order valence-electron chi connectivity index (χ0n) is 10.3. The van der Waals surface area contributed by atoms with Gasteiger partial charge in [0, 0.05) is 13.2 Å². The second kappa shape index (κ2) is 7.46. The van der Waals surface area contributed by atoms with E-state index in [1.54, 1.807) is 25.5 Å². The molecule has 0 heterocycles. The molecule has 1 atom stereocenters. The van der Waals surface area contributed by atoms with Crippen molar-refractivity contribution in [2.45, 2.75) is 33.3 Å². The van der Waals surface area contributed by atoms with Crippen molar-refractivity contribution in [1.29, 1.82) is 0 Å². The van der Waals surface area contributed by atoms with Crippen molar-refractivity contribution in [3.63, 3.8) is 0 Å². The van der Waals surface area contributed by atoms with Gasteiger partial charge in [0.25, 0.3) is 0 Å². The van der Waals surface area contributed by atoms with Crippen LogP contribution in [0.5, 0.6) is 0 Å². The van der Waals surface area contributed by atoms with E-state index in [9.17, 15) is 13.2 Å². The molecule has 0 aliphatic heterocycles. The van der Waals surface area contributed by atoms with Crippen LogP contribution in [0, 0.1) is 5.92 Å². The minimum absolute atomic E-state index is 0.00822. The molecule has 1 unspecified atom stereocenters. The first-order chi connectivity index (χ1) is 7.76. The van der Waals surface area contributed by atoms with E-state index in [0.29, 0.717) is 6.42 Å². The van der Waals surface area contributed by atoms with E-state index < -0.39 is 22.4 Å². The lowest BCUT2D eigenvalue weighted by atomic mass is 10.1. The molecule has 0 rings (SSSR count). The van der Waals surface area contributed by atoms with Crippen LogP contribution in [0.2, 0.25) is 0 Å². The number of carbonyl (C=O) groups excluding carboxylic acids is 1. The molecule has 0 aliphatic carbocycles. The number of hydrogen-bond donors (Lipinski definition) is 3. The topological polar surface area (TPSA) is 105 Å². The molecule has 17 heavy (non-hydrogen) atoms. The Morgan fingerprint density at radius 3 is 2.41 bits per heavy atom. The number of hydrogen-bond acceptors (Lipinski definition) is 5. The summed E-state index contributed by atoms with van der Waals surface area (Å²) in [5, 5.41) is 8.64. The maximum atomic E-state index is 11.3. The highest BCUT2D eigenvalue weighted by Gasteiger charge is 2.16. The molecular weight excluding hydrogens is 248 g/mol. The lowest BCUT2D eigenvalue weighted by Crippen LogP contribution is -2.42. The Kier molecular flexibility index (Phi) is 7.09. The lowest BCUT2D eigenvalue weighted by molar-refractivity contribution is 0.121. The van der Waals surface area contributed by atoms with E-state index in [-0.39, 0.29) is 19.1 Å². The van der Waals surface area contributed by atoms with E-state index in [1.807, 2.05) is 0 Å². The summed E-state index contributed by atoms with van der Waals surface area (Å²) in [4.78, 5) is 11.0. The number of carbonyl (C=O) groups is 1. The molecule has 7 nitrogen and oxygen atoms in total. The Morgan fingerprint density at radius 2 is 1.94 bits per heavy atom. The summed E-state index contributed by atoms with van der Waals surface area (Å²) in [6.45, 7) is 5.15. The summed E-state index contributed by atoms with van der Waals surface area (Å²) in [7, 11) is -3.90. The number of rotatable bonds is 7. The second-order valence-corrected chi connectivity index (χ2v) is 5.53. The van der Waals surface area contributed by atoms with Crippen LogP contribution < -0.4 is 9.44 Å². The van der Waals surface area contributed by atoms with Crippen molar-refractivity contribution in [3.05, 3.63) is 0 Å². The predicted octanol–water partition coefficient (Wildman–Crippen LogP) is -0.0261. The Labute approximate surface area is 102 Å². The largest absolute Gasteiger partial charge is 0.446 e. The van der Waals surface area contributed by atoms with Crippen LogP contribution in [0.3, 0.4) is 0 Å². The molecule has 0 aromatic heterocycles. The van der Waals surface area contributed by atoms with Gasteiger partial charge in [-0.2, -0.15) is 13.1 Å². The minimum Gasteiger partial charge on any atom is -0.446 e.